The summed E-state index contributed by atoms with van der Waals surface area (Å²) in [6.07, 6.45) is 2.24. The van der Waals surface area contributed by atoms with E-state index in [9.17, 15) is 0 Å². The molecule has 3 heteroatoms. The summed E-state index contributed by atoms with van der Waals surface area (Å²) in [5.74, 6) is 6.40. The highest BCUT2D eigenvalue weighted by Gasteiger charge is 2.28. The third-order valence-electron chi connectivity index (χ3n) is 3.96. The molecule has 2 nitrogen and oxygen atoms in total. The maximum Gasteiger partial charge on any atom is 0.0476 e. The van der Waals surface area contributed by atoms with E-state index in [2.05, 4.69) is 76.5 Å². The van der Waals surface area contributed by atoms with Crippen LogP contribution >= 0.6 is 22.6 Å². The Balaban J connectivity index is 1.78. The summed E-state index contributed by atoms with van der Waals surface area (Å²) in [7, 11) is 0. The first kappa shape index (κ1) is 13.1. The summed E-state index contributed by atoms with van der Waals surface area (Å²) in [6, 6.07) is 17.4. The van der Waals surface area contributed by atoms with Crippen molar-refractivity contribution in [3.63, 3.8) is 0 Å². The van der Waals surface area contributed by atoms with Gasteiger partial charge in [-0.3, -0.25) is 11.3 Å². The van der Waals surface area contributed by atoms with Gasteiger partial charge in [0.05, 0.1) is 0 Å². The van der Waals surface area contributed by atoms with Gasteiger partial charge < -0.3 is 0 Å². The Kier molecular flexibility index (Phi) is 3.86. The van der Waals surface area contributed by atoms with E-state index in [4.69, 9.17) is 5.84 Å². The third kappa shape index (κ3) is 2.55. The molecule has 98 valence electrons. The predicted molar refractivity (Wildman–Crippen MR) is 86.7 cm³/mol. The van der Waals surface area contributed by atoms with Crippen molar-refractivity contribution in [1.82, 2.24) is 5.43 Å². The van der Waals surface area contributed by atoms with Crippen LogP contribution in [0.3, 0.4) is 0 Å². The number of hydrogen-bond donors (Lipinski definition) is 2. The number of hydrogen-bond acceptors (Lipinski definition) is 2. The van der Waals surface area contributed by atoms with Gasteiger partial charge in [0.15, 0.2) is 0 Å². The minimum Gasteiger partial charge on any atom is -0.271 e. The van der Waals surface area contributed by atoms with Crippen molar-refractivity contribution in [2.45, 2.75) is 24.8 Å². The Labute approximate surface area is 127 Å². The summed E-state index contributed by atoms with van der Waals surface area (Å²) in [5.41, 5.74) is 7.27. The van der Waals surface area contributed by atoms with E-state index >= 15 is 0 Å². The summed E-state index contributed by atoms with van der Waals surface area (Å²) < 4.78 is 1.27. The maximum atomic E-state index is 5.77. The van der Waals surface area contributed by atoms with E-state index in [1.165, 1.54) is 26.7 Å². The van der Waals surface area contributed by atoms with Crippen LogP contribution in [-0.4, -0.2) is 0 Å². The molecule has 2 aromatic carbocycles. The Bertz CT molecular complexity index is 582. The molecule has 2 atom stereocenters. The molecule has 19 heavy (non-hydrogen) atoms. The quantitative estimate of drug-likeness (QED) is 0.495. The largest absolute Gasteiger partial charge is 0.271 e. The van der Waals surface area contributed by atoms with E-state index in [0.29, 0.717) is 5.92 Å². The second kappa shape index (κ2) is 5.61. The number of rotatable bonds is 4. The molecule has 3 rings (SSSR count). The maximum absolute atomic E-state index is 5.77. The first-order valence-electron chi connectivity index (χ1n) is 6.58. The van der Waals surface area contributed by atoms with E-state index in [-0.39, 0.29) is 6.04 Å². The second-order valence-corrected chi connectivity index (χ2v) is 6.24. The molecule has 0 fully saturated rings. The molecule has 0 amide bonds. The van der Waals surface area contributed by atoms with Crippen LogP contribution < -0.4 is 11.3 Å². The molecule has 0 heterocycles. The Morgan fingerprint density at radius 3 is 2.63 bits per heavy atom. The van der Waals surface area contributed by atoms with Crippen LogP contribution in [0.5, 0.6) is 0 Å². The van der Waals surface area contributed by atoms with Crippen LogP contribution in [0, 0.1) is 3.57 Å². The Hall–Kier alpha value is -0.910. The van der Waals surface area contributed by atoms with Crippen LogP contribution in [-0.2, 0) is 6.42 Å². The van der Waals surface area contributed by atoms with Gasteiger partial charge in [-0.1, -0.05) is 42.5 Å². The van der Waals surface area contributed by atoms with Crippen molar-refractivity contribution in [3.8, 4) is 0 Å². The molecule has 1 aliphatic carbocycles. The lowest BCUT2D eigenvalue weighted by molar-refractivity contribution is 0.434. The molecule has 2 aromatic rings. The average Bonchev–Trinajstić information content (AvgIpc) is 2.42. The molecule has 0 saturated carbocycles. The van der Waals surface area contributed by atoms with E-state index in [1.807, 2.05) is 0 Å². The highest BCUT2D eigenvalue weighted by atomic mass is 127. The molecule has 0 aromatic heterocycles. The van der Waals surface area contributed by atoms with Crippen molar-refractivity contribution in [2.24, 2.45) is 5.84 Å². The zero-order valence-corrected chi connectivity index (χ0v) is 12.8. The molecular formula is C16H17IN2. The summed E-state index contributed by atoms with van der Waals surface area (Å²) in [4.78, 5) is 0. The van der Waals surface area contributed by atoms with Crippen LogP contribution in [0.15, 0.2) is 48.5 Å². The van der Waals surface area contributed by atoms with Crippen LogP contribution in [0.2, 0.25) is 0 Å². The van der Waals surface area contributed by atoms with Crippen molar-refractivity contribution in [1.29, 1.82) is 0 Å². The molecule has 0 bridgehead atoms. The van der Waals surface area contributed by atoms with Gasteiger partial charge in [0.1, 0.15) is 0 Å². The van der Waals surface area contributed by atoms with Crippen molar-refractivity contribution in [2.75, 3.05) is 0 Å². The highest BCUT2D eigenvalue weighted by Crippen LogP contribution is 2.40. The Morgan fingerprint density at radius 1 is 1.16 bits per heavy atom. The lowest BCUT2D eigenvalue weighted by atomic mass is 9.74. The summed E-state index contributed by atoms with van der Waals surface area (Å²) in [5, 5.41) is 0. The van der Waals surface area contributed by atoms with Gasteiger partial charge in [0, 0.05) is 9.61 Å². The SMILES string of the molecule is NNC(CC1Cc2ccccc21)c1ccccc1I. The van der Waals surface area contributed by atoms with Crippen molar-refractivity contribution in [3.05, 3.63) is 68.8 Å². The monoisotopic (exact) mass is 364 g/mol. The first-order valence-corrected chi connectivity index (χ1v) is 7.66. The fourth-order valence-electron chi connectivity index (χ4n) is 2.90. The number of nitrogens with two attached hydrogens (primary N) is 1. The number of hydrazine groups is 1. The molecule has 3 N–H and O–H groups in total. The molecule has 2 unspecified atom stereocenters. The number of halogens is 1. The first-order chi connectivity index (χ1) is 9.29. The fraction of sp³-hybridized carbons (Fsp3) is 0.250. The van der Waals surface area contributed by atoms with Gasteiger partial charge in [0.25, 0.3) is 0 Å². The van der Waals surface area contributed by atoms with Crippen LogP contribution in [0.4, 0.5) is 0 Å². The van der Waals surface area contributed by atoms with Gasteiger partial charge in [0.2, 0.25) is 0 Å². The van der Waals surface area contributed by atoms with Gasteiger partial charge in [-0.2, -0.15) is 0 Å². The second-order valence-electron chi connectivity index (χ2n) is 5.08. The molecule has 0 spiro atoms. The van der Waals surface area contributed by atoms with E-state index < -0.39 is 0 Å². The number of benzene rings is 2. The highest BCUT2D eigenvalue weighted by molar-refractivity contribution is 14.1. The normalized spacial score (nSPS) is 18.5. The molecular weight excluding hydrogens is 347 g/mol. The molecule has 0 aliphatic heterocycles. The minimum atomic E-state index is 0.228. The topological polar surface area (TPSA) is 38.0 Å². The van der Waals surface area contributed by atoms with Gasteiger partial charge in [-0.05, 0) is 64.1 Å². The average molecular weight is 364 g/mol. The van der Waals surface area contributed by atoms with Crippen LogP contribution in [0.25, 0.3) is 0 Å². The van der Waals surface area contributed by atoms with Crippen molar-refractivity contribution < 1.29 is 0 Å². The van der Waals surface area contributed by atoms with Crippen molar-refractivity contribution >= 4 is 22.6 Å². The molecule has 0 saturated heterocycles. The van der Waals surface area contributed by atoms with Gasteiger partial charge in [-0.15, -0.1) is 0 Å². The lowest BCUT2D eigenvalue weighted by Gasteiger charge is -2.33. The predicted octanol–water partition coefficient (Wildman–Crippen LogP) is 3.53. The fourth-order valence-corrected chi connectivity index (χ4v) is 3.66. The summed E-state index contributed by atoms with van der Waals surface area (Å²) >= 11 is 2.38. The smallest absolute Gasteiger partial charge is 0.0476 e. The van der Waals surface area contributed by atoms with E-state index in [0.717, 1.165) is 6.42 Å². The van der Waals surface area contributed by atoms with Gasteiger partial charge >= 0.3 is 0 Å². The minimum absolute atomic E-state index is 0.228. The standard InChI is InChI=1S/C16H17IN2/c17-15-8-4-3-7-14(15)16(19-18)10-12-9-11-5-1-2-6-13(11)12/h1-8,12,16,19H,9-10,18H2. The zero-order chi connectivity index (χ0) is 13.2. The Morgan fingerprint density at radius 2 is 1.89 bits per heavy atom. The van der Waals surface area contributed by atoms with Crippen LogP contribution in [0.1, 0.15) is 35.1 Å². The lowest BCUT2D eigenvalue weighted by Crippen LogP contribution is -2.32. The number of nitrogens with one attached hydrogen (secondary N) is 1. The molecule has 0 radical (unpaired) electrons. The third-order valence-corrected chi connectivity index (χ3v) is 4.95. The van der Waals surface area contributed by atoms with Gasteiger partial charge in [-0.25, -0.2) is 0 Å². The number of fused-ring (bicyclic) bond motifs is 1. The zero-order valence-electron chi connectivity index (χ0n) is 10.6. The summed E-state index contributed by atoms with van der Waals surface area (Å²) in [6.45, 7) is 0. The molecule has 1 aliphatic rings. The van der Waals surface area contributed by atoms with E-state index in [1.54, 1.807) is 0 Å².